The molecule has 0 amide bonds. The molecule has 3 heterocycles. The van der Waals surface area contributed by atoms with E-state index in [0.717, 1.165) is 24.1 Å². The summed E-state index contributed by atoms with van der Waals surface area (Å²) in [5, 5.41) is 9.14. The van der Waals surface area contributed by atoms with Gasteiger partial charge in [-0.25, -0.2) is 0 Å². The highest BCUT2D eigenvalue weighted by Crippen LogP contribution is 2.26. The number of hydrogen-bond acceptors (Lipinski definition) is 8. The number of aromatic nitrogens is 5. The second kappa shape index (κ2) is 7.96. The number of hydrogen-bond donors (Lipinski definition) is 2. The second-order valence-electron chi connectivity index (χ2n) is 5.77. The van der Waals surface area contributed by atoms with Gasteiger partial charge in [0.05, 0.1) is 32.6 Å². The summed E-state index contributed by atoms with van der Waals surface area (Å²) in [5.41, 5.74) is 8.51. The van der Waals surface area contributed by atoms with Gasteiger partial charge < -0.3 is 20.3 Å². The average Bonchev–Trinajstić information content (AvgIpc) is 3.01. The van der Waals surface area contributed by atoms with Crippen molar-refractivity contribution < 1.29 is 14.6 Å². The molecule has 0 spiro atoms. The van der Waals surface area contributed by atoms with E-state index in [9.17, 15) is 0 Å². The van der Waals surface area contributed by atoms with E-state index >= 15 is 0 Å². The van der Waals surface area contributed by atoms with Crippen LogP contribution in [0.25, 0.3) is 11.2 Å². The highest BCUT2D eigenvalue weighted by Gasteiger charge is 2.18. The van der Waals surface area contributed by atoms with Crippen LogP contribution in [0.4, 0.5) is 5.82 Å². The Morgan fingerprint density at radius 3 is 2.73 bits per heavy atom. The first-order chi connectivity index (χ1) is 12.7. The molecule has 0 fully saturated rings. The molecule has 9 heteroatoms. The first-order valence-electron chi connectivity index (χ1n) is 8.41. The van der Waals surface area contributed by atoms with Crippen LogP contribution in [0, 0.1) is 0 Å². The minimum atomic E-state index is -0.0488. The summed E-state index contributed by atoms with van der Waals surface area (Å²) in [6.07, 6.45) is 3.55. The number of pyridine rings is 1. The van der Waals surface area contributed by atoms with Crippen LogP contribution in [0.5, 0.6) is 12.0 Å². The maximum Gasteiger partial charge on any atom is 0.320 e. The van der Waals surface area contributed by atoms with Crippen molar-refractivity contribution in [2.75, 3.05) is 19.5 Å². The number of ether oxygens (including phenoxy) is 2. The number of rotatable bonds is 8. The number of methoxy groups -OCH3 is 1. The normalized spacial score (nSPS) is 11.0. The molecule has 0 saturated heterocycles. The van der Waals surface area contributed by atoms with Gasteiger partial charge in [-0.1, -0.05) is 19.4 Å². The highest BCUT2D eigenvalue weighted by atomic mass is 16.5. The molecule has 0 radical (unpaired) electrons. The van der Waals surface area contributed by atoms with Crippen LogP contribution in [-0.4, -0.2) is 43.3 Å². The molecule has 0 aliphatic carbocycles. The molecule has 0 bridgehead atoms. The Bertz CT molecular complexity index is 878. The van der Waals surface area contributed by atoms with E-state index in [2.05, 4.69) is 26.9 Å². The number of nitrogens with zero attached hydrogens (tertiary/aromatic N) is 5. The number of fused-ring (bicyclic) bond motifs is 1. The topological polar surface area (TPSA) is 121 Å². The van der Waals surface area contributed by atoms with Crippen LogP contribution in [0.1, 0.15) is 31.0 Å². The number of nitrogens with two attached hydrogens (primary N) is 1. The van der Waals surface area contributed by atoms with Crippen LogP contribution >= 0.6 is 0 Å². The molecule has 3 rings (SSSR count). The Balaban J connectivity index is 1.98. The number of anilines is 1. The lowest BCUT2D eigenvalue weighted by molar-refractivity contribution is 0.281. The van der Waals surface area contributed by atoms with Gasteiger partial charge >= 0.3 is 6.01 Å². The summed E-state index contributed by atoms with van der Waals surface area (Å²) in [4.78, 5) is 17.3. The SMILES string of the molecule is CCCCOc1nc(N)c2nc(OC)n(Cc3ccc(CO)cn3)c2n1. The van der Waals surface area contributed by atoms with Gasteiger partial charge in [0, 0.05) is 6.20 Å². The summed E-state index contributed by atoms with van der Waals surface area (Å²) in [6.45, 7) is 2.94. The summed E-state index contributed by atoms with van der Waals surface area (Å²) in [5.74, 6) is 0.238. The van der Waals surface area contributed by atoms with Crippen molar-refractivity contribution in [1.82, 2.24) is 24.5 Å². The lowest BCUT2D eigenvalue weighted by Crippen LogP contribution is -2.07. The van der Waals surface area contributed by atoms with Crippen molar-refractivity contribution in [2.24, 2.45) is 0 Å². The zero-order valence-corrected chi connectivity index (χ0v) is 14.8. The smallest absolute Gasteiger partial charge is 0.320 e. The summed E-state index contributed by atoms with van der Waals surface area (Å²) >= 11 is 0. The lowest BCUT2D eigenvalue weighted by Gasteiger charge is -2.08. The fraction of sp³-hybridized carbons (Fsp3) is 0.412. The third-order valence-electron chi connectivity index (χ3n) is 3.87. The third kappa shape index (κ3) is 3.67. The van der Waals surface area contributed by atoms with E-state index in [0.29, 0.717) is 30.3 Å². The quantitative estimate of drug-likeness (QED) is 0.582. The Kier molecular flexibility index (Phi) is 5.47. The number of aliphatic hydroxyl groups is 1. The van der Waals surface area contributed by atoms with Crippen LogP contribution in [0.2, 0.25) is 0 Å². The van der Waals surface area contributed by atoms with E-state index in [1.165, 1.54) is 7.11 Å². The standard InChI is InChI=1S/C17H22N6O3/c1-3-4-7-26-16-21-14(18)13-15(22-16)23(17(20-13)25-2)9-12-6-5-11(10-24)8-19-12/h5-6,8,24H,3-4,7,9-10H2,1-2H3,(H2,18,21,22). The lowest BCUT2D eigenvalue weighted by atomic mass is 10.2. The van der Waals surface area contributed by atoms with E-state index in [-0.39, 0.29) is 18.4 Å². The largest absolute Gasteiger partial charge is 0.468 e. The maximum absolute atomic E-state index is 9.14. The van der Waals surface area contributed by atoms with Crippen LogP contribution in [0.3, 0.4) is 0 Å². The molecule has 138 valence electrons. The molecular weight excluding hydrogens is 336 g/mol. The van der Waals surface area contributed by atoms with Crippen molar-refractivity contribution in [3.63, 3.8) is 0 Å². The van der Waals surface area contributed by atoms with Crippen LogP contribution in [-0.2, 0) is 13.2 Å². The molecule has 9 nitrogen and oxygen atoms in total. The molecule has 0 unspecified atom stereocenters. The molecule has 3 aromatic heterocycles. The number of aliphatic hydroxyl groups excluding tert-OH is 1. The van der Waals surface area contributed by atoms with E-state index in [4.69, 9.17) is 20.3 Å². The zero-order chi connectivity index (χ0) is 18.5. The molecule has 0 aliphatic rings. The molecule has 0 saturated carbocycles. The number of unbranched alkanes of at least 4 members (excludes halogenated alkanes) is 1. The van der Waals surface area contributed by atoms with Crippen LogP contribution in [0.15, 0.2) is 18.3 Å². The Hall–Kier alpha value is -2.94. The van der Waals surface area contributed by atoms with E-state index in [1.54, 1.807) is 10.8 Å². The van der Waals surface area contributed by atoms with Crippen molar-refractivity contribution >= 4 is 17.0 Å². The van der Waals surface area contributed by atoms with Crippen molar-refractivity contribution in [2.45, 2.75) is 32.9 Å². The van der Waals surface area contributed by atoms with Crippen LogP contribution < -0.4 is 15.2 Å². The molecular formula is C17H22N6O3. The Labute approximate surface area is 150 Å². The monoisotopic (exact) mass is 358 g/mol. The average molecular weight is 358 g/mol. The number of imidazole rings is 1. The predicted molar refractivity (Wildman–Crippen MR) is 96.0 cm³/mol. The molecule has 26 heavy (non-hydrogen) atoms. The van der Waals surface area contributed by atoms with Gasteiger partial charge in [-0.2, -0.15) is 15.0 Å². The van der Waals surface area contributed by atoms with Gasteiger partial charge in [-0.05, 0) is 18.1 Å². The first kappa shape index (κ1) is 17.9. The summed E-state index contributed by atoms with van der Waals surface area (Å²) in [6, 6.07) is 4.23. The maximum atomic E-state index is 9.14. The minimum Gasteiger partial charge on any atom is -0.468 e. The van der Waals surface area contributed by atoms with Gasteiger partial charge in [-0.3, -0.25) is 9.55 Å². The molecule has 3 aromatic rings. The third-order valence-corrected chi connectivity index (χ3v) is 3.87. The van der Waals surface area contributed by atoms with Gasteiger partial charge in [0.1, 0.15) is 0 Å². The van der Waals surface area contributed by atoms with Crippen molar-refractivity contribution in [3.05, 3.63) is 29.6 Å². The zero-order valence-electron chi connectivity index (χ0n) is 14.8. The van der Waals surface area contributed by atoms with Gasteiger partial charge in [0.25, 0.3) is 6.01 Å². The van der Waals surface area contributed by atoms with Gasteiger partial charge in [0.15, 0.2) is 17.0 Å². The minimum absolute atomic E-state index is 0.0488. The second-order valence-corrected chi connectivity index (χ2v) is 5.77. The van der Waals surface area contributed by atoms with E-state index in [1.807, 2.05) is 12.1 Å². The van der Waals surface area contributed by atoms with Gasteiger partial charge in [-0.15, -0.1) is 0 Å². The first-order valence-corrected chi connectivity index (χ1v) is 8.41. The fourth-order valence-corrected chi connectivity index (χ4v) is 2.46. The molecule has 0 aromatic carbocycles. The fourth-order valence-electron chi connectivity index (χ4n) is 2.46. The summed E-state index contributed by atoms with van der Waals surface area (Å²) < 4.78 is 12.7. The van der Waals surface area contributed by atoms with Crippen molar-refractivity contribution in [1.29, 1.82) is 0 Å². The van der Waals surface area contributed by atoms with Crippen molar-refractivity contribution in [3.8, 4) is 12.0 Å². The highest BCUT2D eigenvalue weighted by molar-refractivity contribution is 5.83. The number of nitrogen functional groups attached to an aromatic ring is 1. The predicted octanol–water partition coefficient (Wildman–Crippen LogP) is 1.53. The molecule has 0 atom stereocenters. The Morgan fingerprint density at radius 1 is 1.23 bits per heavy atom. The Morgan fingerprint density at radius 2 is 2.08 bits per heavy atom. The van der Waals surface area contributed by atoms with Gasteiger partial charge in [0.2, 0.25) is 0 Å². The molecule has 3 N–H and O–H groups in total. The van der Waals surface area contributed by atoms with E-state index < -0.39 is 0 Å². The summed E-state index contributed by atoms with van der Waals surface area (Å²) in [7, 11) is 1.53. The molecule has 0 aliphatic heterocycles.